The van der Waals surface area contributed by atoms with Gasteiger partial charge in [0, 0.05) is 4.47 Å². The fraction of sp³-hybridized carbons (Fsp3) is 0.316. The summed E-state index contributed by atoms with van der Waals surface area (Å²) in [7, 11) is -2.64. The van der Waals surface area contributed by atoms with Gasteiger partial charge in [0.1, 0.15) is 6.04 Å². The van der Waals surface area contributed by atoms with E-state index in [1.807, 2.05) is 43.3 Å². The number of nitrogens with one attached hydrogen (secondary N) is 1. The average Bonchev–Trinajstić information content (AvgIpc) is 2.54. The second-order valence-corrected chi connectivity index (χ2v) is 8.82. The molecule has 0 spiro atoms. The van der Waals surface area contributed by atoms with E-state index in [4.69, 9.17) is 4.74 Å². The number of halogens is 1. The van der Waals surface area contributed by atoms with Crippen molar-refractivity contribution in [3.8, 4) is 0 Å². The highest BCUT2D eigenvalue weighted by Gasteiger charge is 2.28. The molecule has 2 aromatic rings. The number of benzene rings is 2. The van der Waals surface area contributed by atoms with Crippen molar-refractivity contribution >= 4 is 31.9 Å². The third-order valence-corrected chi connectivity index (χ3v) is 6.31. The van der Waals surface area contributed by atoms with Crippen molar-refractivity contribution in [2.45, 2.75) is 38.1 Å². The third kappa shape index (κ3) is 4.93. The van der Waals surface area contributed by atoms with E-state index >= 15 is 0 Å². The summed E-state index contributed by atoms with van der Waals surface area (Å²) in [6, 6.07) is 9.95. The molecule has 0 bridgehead atoms. The van der Waals surface area contributed by atoms with E-state index in [9.17, 15) is 13.2 Å². The molecular formula is C19H22BrNO4S. The van der Waals surface area contributed by atoms with Crippen LogP contribution in [0.25, 0.3) is 0 Å². The molecule has 7 heteroatoms. The summed E-state index contributed by atoms with van der Waals surface area (Å²) in [4.78, 5) is 12.4. The maximum Gasteiger partial charge on any atom is 0.324 e. The van der Waals surface area contributed by atoms with Crippen LogP contribution in [0.1, 0.15) is 22.3 Å². The lowest BCUT2D eigenvalue weighted by molar-refractivity contribution is -0.142. The van der Waals surface area contributed by atoms with Gasteiger partial charge in [-0.05, 0) is 56.0 Å². The Balaban J connectivity index is 2.35. The Kier molecular flexibility index (Phi) is 6.60. The van der Waals surface area contributed by atoms with E-state index < -0.39 is 22.0 Å². The number of hydrogen-bond donors (Lipinski definition) is 1. The molecule has 0 heterocycles. The number of ether oxygens (including phenoxy) is 1. The van der Waals surface area contributed by atoms with Crippen molar-refractivity contribution in [3.05, 3.63) is 63.1 Å². The quantitative estimate of drug-likeness (QED) is 0.699. The molecule has 0 radical (unpaired) electrons. The van der Waals surface area contributed by atoms with Gasteiger partial charge >= 0.3 is 5.97 Å². The SMILES string of the molecule is COC(=O)[C@H](Cc1ccc(Br)cc1)NS(=O)(=O)c1c(C)cc(C)cc1C. The van der Waals surface area contributed by atoms with Crippen molar-refractivity contribution in [1.29, 1.82) is 0 Å². The smallest absolute Gasteiger partial charge is 0.324 e. The Bertz CT molecular complexity index is 885. The van der Waals surface area contributed by atoms with Gasteiger partial charge < -0.3 is 4.74 Å². The van der Waals surface area contributed by atoms with Gasteiger partial charge in [0.15, 0.2) is 0 Å². The van der Waals surface area contributed by atoms with Crippen molar-refractivity contribution in [1.82, 2.24) is 4.72 Å². The van der Waals surface area contributed by atoms with E-state index in [1.54, 1.807) is 13.8 Å². The summed E-state index contributed by atoms with van der Waals surface area (Å²) in [6.07, 6.45) is 0.198. The Hall–Kier alpha value is -1.70. The number of methoxy groups -OCH3 is 1. The van der Waals surface area contributed by atoms with Crippen LogP contribution in [0.3, 0.4) is 0 Å². The van der Waals surface area contributed by atoms with Crippen LogP contribution in [0.4, 0.5) is 0 Å². The maximum absolute atomic E-state index is 12.9. The molecule has 0 aromatic heterocycles. The van der Waals surface area contributed by atoms with Crippen LogP contribution < -0.4 is 4.72 Å². The third-order valence-electron chi connectivity index (χ3n) is 4.01. The van der Waals surface area contributed by atoms with E-state index in [1.165, 1.54) is 7.11 Å². The van der Waals surface area contributed by atoms with Crippen LogP contribution in [0.5, 0.6) is 0 Å². The molecule has 5 nitrogen and oxygen atoms in total. The number of carbonyl (C=O) groups excluding carboxylic acids is 1. The monoisotopic (exact) mass is 439 g/mol. The van der Waals surface area contributed by atoms with Gasteiger partial charge in [-0.1, -0.05) is 45.8 Å². The fourth-order valence-electron chi connectivity index (χ4n) is 3.01. The molecule has 0 amide bonds. The van der Waals surface area contributed by atoms with E-state index in [0.29, 0.717) is 11.1 Å². The topological polar surface area (TPSA) is 72.5 Å². The minimum absolute atomic E-state index is 0.198. The van der Waals surface area contributed by atoms with Crippen LogP contribution in [-0.2, 0) is 26.0 Å². The van der Waals surface area contributed by atoms with Crippen LogP contribution in [0.2, 0.25) is 0 Å². The molecule has 2 rings (SSSR count). The first kappa shape index (κ1) is 20.6. The second kappa shape index (κ2) is 8.33. The van der Waals surface area contributed by atoms with E-state index in [-0.39, 0.29) is 11.3 Å². The molecule has 0 aliphatic rings. The Morgan fingerprint density at radius 3 is 2.15 bits per heavy atom. The van der Waals surface area contributed by atoms with Crippen molar-refractivity contribution in [2.75, 3.05) is 7.11 Å². The van der Waals surface area contributed by atoms with Gasteiger partial charge in [0.25, 0.3) is 0 Å². The van der Waals surface area contributed by atoms with Crippen molar-refractivity contribution in [2.24, 2.45) is 0 Å². The highest BCUT2D eigenvalue weighted by Crippen LogP contribution is 2.22. The van der Waals surface area contributed by atoms with E-state index in [2.05, 4.69) is 20.7 Å². The summed E-state index contributed by atoms with van der Waals surface area (Å²) in [5.41, 5.74) is 3.09. The zero-order valence-corrected chi connectivity index (χ0v) is 17.6. The maximum atomic E-state index is 12.9. The number of aryl methyl sites for hydroxylation is 3. The summed E-state index contributed by atoms with van der Waals surface area (Å²) in [5.74, 6) is -0.626. The minimum atomic E-state index is -3.88. The summed E-state index contributed by atoms with van der Waals surface area (Å²) >= 11 is 3.35. The highest BCUT2D eigenvalue weighted by atomic mass is 79.9. The molecule has 0 aliphatic heterocycles. The van der Waals surface area contributed by atoms with Gasteiger partial charge in [-0.3, -0.25) is 4.79 Å². The number of rotatable bonds is 6. The molecule has 140 valence electrons. The Morgan fingerprint density at radius 2 is 1.65 bits per heavy atom. The average molecular weight is 440 g/mol. The minimum Gasteiger partial charge on any atom is -0.468 e. The highest BCUT2D eigenvalue weighted by molar-refractivity contribution is 9.10. The van der Waals surface area contributed by atoms with Gasteiger partial charge in [0.2, 0.25) is 10.0 Å². The van der Waals surface area contributed by atoms with Crippen LogP contribution in [0.15, 0.2) is 45.8 Å². The number of sulfonamides is 1. The Labute approximate surface area is 162 Å². The lowest BCUT2D eigenvalue weighted by Crippen LogP contribution is -2.43. The normalized spacial score (nSPS) is 12.7. The van der Waals surface area contributed by atoms with Crippen LogP contribution in [0, 0.1) is 20.8 Å². The number of carbonyl (C=O) groups is 1. The Morgan fingerprint density at radius 1 is 1.12 bits per heavy atom. The zero-order valence-electron chi connectivity index (χ0n) is 15.2. The zero-order chi connectivity index (χ0) is 19.5. The molecule has 1 atom stereocenters. The van der Waals surface area contributed by atoms with Crippen LogP contribution >= 0.6 is 15.9 Å². The summed E-state index contributed by atoms with van der Waals surface area (Å²) in [6.45, 7) is 5.40. The lowest BCUT2D eigenvalue weighted by atomic mass is 10.1. The lowest BCUT2D eigenvalue weighted by Gasteiger charge is -2.19. The molecule has 0 unspecified atom stereocenters. The first-order valence-corrected chi connectivity index (χ1v) is 10.3. The molecule has 1 N–H and O–H groups in total. The number of esters is 1. The van der Waals surface area contributed by atoms with Crippen molar-refractivity contribution < 1.29 is 17.9 Å². The second-order valence-electron chi connectivity index (χ2n) is 6.26. The fourth-order valence-corrected chi connectivity index (χ4v) is 4.91. The molecule has 2 aromatic carbocycles. The van der Waals surface area contributed by atoms with Crippen molar-refractivity contribution in [3.63, 3.8) is 0 Å². The van der Waals surface area contributed by atoms with Gasteiger partial charge in [-0.25, -0.2) is 8.42 Å². The first-order valence-electron chi connectivity index (χ1n) is 8.06. The van der Waals surface area contributed by atoms with Gasteiger partial charge in [-0.2, -0.15) is 4.72 Å². The summed E-state index contributed by atoms with van der Waals surface area (Å²) < 4.78 is 34.1. The van der Waals surface area contributed by atoms with Crippen LogP contribution in [-0.4, -0.2) is 27.5 Å². The molecular weight excluding hydrogens is 418 g/mol. The molecule has 0 aliphatic carbocycles. The first-order chi connectivity index (χ1) is 12.1. The standard InChI is InChI=1S/C19H22BrNO4S/c1-12-9-13(2)18(14(3)10-12)26(23,24)21-17(19(22)25-4)11-15-5-7-16(20)8-6-15/h5-10,17,21H,11H2,1-4H3/t17-/m0/s1. The van der Waals surface area contributed by atoms with Gasteiger partial charge in [-0.15, -0.1) is 0 Å². The predicted molar refractivity (Wildman–Crippen MR) is 105 cm³/mol. The predicted octanol–water partition coefficient (Wildman–Crippen LogP) is 3.44. The molecule has 0 saturated carbocycles. The largest absolute Gasteiger partial charge is 0.468 e. The summed E-state index contributed by atoms with van der Waals surface area (Å²) in [5, 5.41) is 0. The molecule has 0 saturated heterocycles. The number of hydrogen-bond acceptors (Lipinski definition) is 4. The molecule has 0 fully saturated rings. The molecule has 26 heavy (non-hydrogen) atoms. The van der Waals surface area contributed by atoms with E-state index in [0.717, 1.165) is 15.6 Å². The van der Waals surface area contributed by atoms with Gasteiger partial charge in [0.05, 0.1) is 12.0 Å².